The van der Waals surface area contributed by atoms with Gasteiger partial charge in [-0.05, 0) is 37.5 Å². The van der Waals surface area contributed by atoms with Crippen molar-refractivity contribution in [3.63, 3.8) is 0 Å². The maximum absolute atomic E-state index is 12.6. The van der Waals surface area contributed by atoms with Crippen molar-refractivity contribution in [2.45, 2.75) is 58.5 Å². The number of rotatable bonds is 2. The van der Waals surface area contributed by atoms with Crippen molar-refractivity contribution in [3.8, 4) is 0 Å². The Balaban J connectivity index is 2.06. The van der Waals surface area contributed by atoms with Crippen LogP contribution < -0.4 is 11.1 Å². The van der Waals surface area contributed by atoms with Gasteiger partial charge in [0.05, 0.1) is 12.1 Å². The first-order chi connectivity index (χ1) is 8.76. The molecule has 2 rings (SSSR count). The normalized spacial score (nSPS) is 42.1. The van der Waals surface area contributed by atoms with Crippen LogP contribution in [0, 0.1) is 17.3 Å². The van der Waals surface area contributed by atoms with Crippen molar-refractivity contribution in [3.05, 3.63) is 0 Å². The van der Waals surface area contributed by atoms with Gasteiger partial charge in [0.15, 0.2) is 0 Å². The molecule has 4 atom stereocenters. The third-order valence-corrected chi connectivity index (χ3v) is 5.46. The lowest BCUT2D eigenvalue weighted by Gasteiger charge is -2.46. The van der Waals surface area contributed by atoms with Crippen molar-refractivity contribution in [1.29, 1.82) is 0 Å². The standard InChI is InChI=1S/C15H28N2O2/c1-10-12(16)6-5-11(14(10,2)3)13(18)17-15(4)7-8-19-9-15/h10-12H,5-9,16H2,1-4H3,(H,17,18). The predicted octanol–water partition coefficient (Wildman–Crippen LogP) is 1.68. The molecule has 1 saturated carbocycles. The van der Waals surface area contributed by atoms with Crippen LogP contribution in [-0.2, 0) is 9.53 Å². The Morgan fingerprint density at radius 3 is 2.58 bits per heavy atom. The van der Waals surface area contributed by atoms with Gasteiger partial charge in [0, 0.05) is 18.6 Å². The lowest BCUT2D eigenvalue weighted by molar-refractivity contribution is -0.134. The molecule has 2 fully saturated rings. The van der Waals surface area contributed by atoms with Crippen LogP contribution in [0.4, 0.5) is 0 Å². The molecule has 4 heteroatoms. The molecule has 0 radical (unpaired) electrons. The van der Waals surface area contributed by atoms with Gasteiger partial charge in [0.1, 0.15) is 0 Å². The highest BCUT2D eigenvalue weighted by atomic mass is 16.5. The summed E-state index contributed by atoms with van der Waals surface area (Å²) in [5.41, 5.74) is 5.93. The van der Waals surface area contributed by atoms with Crippen LogP contribution in [0.15, 0.2) is 0 Å². The molecule has 1 amide bonds. The van der Waals surface area contributed by atoms with Gasteiger partial charge < -0.3 is 15.8 Å². The first kappa shape index (κ1) is 14.8. The first-order valence-corrected chi connectivity index (χ1v) is 7.42. The topological polar surface area (TPSA) is 64.4 Å². The molecule has 1 saturated heterocycles. The number of ether oxygens (including phenoxy) is 1. The molecule has 0 bridgehead atoms. The quantitative estimate of drug-likeness (QED) is 0.801. The Labute approximate surface area is 116 Å². The highest BCUT2D eigenvalue weighted by Gasteiger charge is 2.46. The number of carbonyl (C=O) groups is 1. The Kier molecular flexibility index (Phi) is 3.94. The lowest BCUT2D eigenvalue weighted by atomic mass is 9.61. The van der Waals surface area contributed by atoms with Gasteiger partial charge in [-0.1, -0.05) is 20.8 Å². The van der Waals surface area contributed by atoms with Crippen molar-refractivity contribution in [1.82, 2.24) is 5.32 Å². The molecule has 0 spiro atoms. The van der Waals surface area contributed by atoms with Gasteiger partial charge in [0.2, 0.25) is 5.91 Å². The van der Waals surface area contributed by atoms with Gasteiger partial charge in [-0.3, -0.25) is 4.79 Å². The zero-order chi connectivity index (χ0) is 14.3. The minimum absolute atomic E-state index is 0.0441. The summed E-state index contributed by atoms with van der Waals surface area (Å²) in [6.45, 7) is 9.96. The molecular formula is C15H28N2O2. The van der Waals surface area contributed by atoms with E-state index in [1.54, 1.807) is 0 Å². The van der Waals surface area contributed by atoms with Crippen molar-refractivity contribution in [2.24, 2.45) is 23.0 Å². The zero-order valence-corrected chi connectivity index (χ0v) is 12.7. The van der Waals surface area contributed by atoms with E-state index < -0.39 is 0 Å². The SMILES string of the molecule is CC1C(N)CCC(C(=O)NC2(C)CCOC2)C1(C)C. The summed E-state index contributed by atoms with van der Waals surface area (Å²) in [6, 6.07) is 0.212. The second-order valence-corrected chi connectivity index (χ2v) is 7.26. The Hall–Kier alpha value is -0.610. The van der Waals surface area contributed by atoms with Crippen molar-refractivity contribution < 1.29 is 9.53 Å². The number of carbonyl (C=O) groups excluding carboxylic acids is 1. The smallest absolute Gasteiger partial charge is 0.224 e. The van der Waals surface area contributed by atoms with Crippen LogP contribution in [-0.4, -0.2) is 30.7 Å². The fraction of sp³-hybridized carbons (Fsp3) is 0.933. The zero-order valence-electron chi connectivity index (χ0n) is 12.7. The fourth-order valence-corrected chi connectivity index (χ4v) is 3.47. The summed E-state index contributed by atoms with van der Waals surface area (Å²) in [4.78, 5) is 12.6. The van der Waals surface area contributed by atoms with E-state index in [0.29, 0.717) is 12.5 Å². The van der Waals surface area contributed by atoms with Crippen LogP contribution >= 0.6 is 0 Å². The van der Waals surface area contributed by atoms with Crippen molar-refractivity contribution >= 4 is 5.91 Å². The van der Waals surface area contributed by atoms with Crippen LogP contribution in [0.1, 0.15) is 47.0 Å². The Bertz CT molecular complexity index is 348. The van der Waals surface area contributed by atoms with E-state index in [1.165, 1.54) is 0 Å². The van der Waals surface area contributed by atoms with Crippen LogP contribution in [0.3, 0.4) is 0 Å². The van der Waals surface area contributed by atoms with E-state index in [9.17, 15) is 4.79 Å². The molecule has 0 aromatic carbocycles. The number of amides is 1. The molecule has 110 valence electrons. The van der Waals surface area contributed by atoms with Gasteiger partial charge in [-0.2, -0.15) is 0 Å². The highest BCUT2D eigenvalue weighted by molar-refractivity contribution is 5.80. The molecule has 1 aliphatic carbocycles. The van der Waals surface area contributed by atoms with E-state index in [1.807, 2.05) is 0 Å². The van der Waals surface area contributed by atoms with Gasteiger partial charge >= 0.3 is 0 Å². The van der Waals surface area contributed by atoms with E-state index in [0.717, 1.165) is 25.9 Å². The van der Waals surface area contributed by atoms with E-state index in [2.05, 4.69) is 33.0 Å². The fourth-order valence-electron chi connectivity index (χ4n) is 3.47. The van der Waals surface area contributed by atoms with Gasteiger partial charge in [0.25, 0.3) is 0 Å². The lowest BCUT2D eigenvalue weighted by Crippen LogP contribution is -2.55. The number of hydrogen-bond acceptors (Lipinski definition) is 3. The molecule has 0 aromatic heterocycles. The monoisotopic (exact) mass is 268 g/mol. The molecule has 1 heterocycles. The summed E-state index contributed by atoms with van der Waals surface area (Å²) < 4.78 is 5.40. The van der Waals surface area contributed by atoms with Crippen LogP contribution in [0.2, 0.25) is 0 Å². The molecule has 4 unspecified atom stereocenters. The maximum Gasteiger partial charge on any atom is 0.224 e. The summed E-state index contributed by atoms with van der Waals surface area (Å²) in [7, 11) is 0. The number of hydrogen-bond donors (Lipinski definition) is 2. The van der Waals surface area contributed by atoms with E-state index in [4.69, 9.17) is 10.5 Å². The minimum atomic E-state index is -0.185. The van der Waals surface area contributed by atoms with Gasteiger partial charge in [-0.15, -0.1) is 0 Å². The largest absolute Gasteiger partial charge is 0.379 e. The minimum Gasteiger partial charge on any atom is -0.379 e. The summed E-state index contributed by atoms with van der Waals surface area (Å²) in [6.07, 6.45) is 2.73. The van der Waals surface area contributed by atoms with Crippen LogP contribution in [0.5, 0.6) is 0 Å². The number of nitrogens with one attached hydrogen (secondary N) is 1. The molecule has 1 aliphatic heterocycles. The molecular weight excluding hydrogens is 240 g/mol. The predicted molar refractivity (Wildman–Crippen MR) is 75.6 cm³/mol. The first-order valence-electron chi connectivity index (χ1n) is 7.42. The Morgan fingerprint density at radius 2 is 2.00 bits per heavy atom. The average molecular weight is 268 g/mol. The number of nitrogens with two attached hydrogens (primary N) is 1. The maximum atomic E-state index is 12.6. The molecule has 2 aliphatic rings. The summed E-state index contributed by atoms with van der Waals surface area (Å²) >= 11 is 0. The second-order valence-electron chi connectivity index (χ2n) is 7.26. The van der Waals surface area contributed by atoms with Crippen molar-refractivity contribution in [2.75, 3.05) is 13.2 Å². The third kappa shape index (κ3) is 2.79. The Morgan fingerprint density at radius 1 is 1.32 bits per heavy atom. The van der Waals surface area contributed by atoms with Crippen LogP contribution in [0.25, 0.3) is 0 Å². The molecule has 0 aromatic rings. The van der Waals surface area contributed by atoms with E-state index in [-0.39, 0.29) is 28.8 Å². The third-order valence-electron chi connectivity index (χ3n) is 5.46. The molecule has 3 N–H and O–H groups in total. The molecule has 19 heavy (non-hydrogen) atoms. The average Bonchev–Trinajstić information content (AvgIpc) is 2.72. The van der Waals surface area contributed by atoms with E-state index >= 15 is 0 Å². The summed E-state index contributed by atoms with van der Waals surface area (Å²) in [5, 5.41) is 3.21. The van der Waals surface area contributed by atoms with Gasteiger partial charge in [-0.25, -0.2) is 0 Å². The molecule has 4 nitrogen and oxygen atoms in total. The highest BCUT2D eigenvalue weighted by Crippen LogP contribution is 2.44. The summed E-state index contributed by atoms with van der Waals surface area (Å²) in [5.74, 6) is 0.598. The second kappa shape index (κ2) is 5.06.